The topological polar surface area (TPSA) is 53.8 Å². The van der Waals surface area contributed by atoms with Crippen LogP contribution in [-0.2, 0) is 4.79 Å². The van der Waals surface area contributed by atoms with Gasteiger partial charge in [0.15, 0.2) is 5.17 Å². The highest BCUT2D eigenvalue weighted by Crippen LogP contribution is 2.16. The molecule has 0 spiro atoms. The number of nitrogens with one attached hydrogen (secondary N) is 1. The predicted octanol–water partition coefficient (Wildman–Crippen LogP) is 0.377. The Balaban J connectivity index is 2.34. The molecule has 0 fully saturated rings. The molecular formula is C7H7N3OS. The monoisotopic (exact) mass is 181 g/mol. The van der Waals surface area contributed by atoms with Crippen LogP contribution in [0.3, 0.4) is 0 Å². The molecule has 2 aliphatic heterocycles. The molecule has 0 bridgehead atoms. The van der Waals surface area contributed by atoms with Crippen molar-refractivity contribution in [3.05, 3.63) is 12.3 Å². The minimum absolute atomic E-state index is 0.0400. The zero-order valence-corrected chi connectivity index (χ0v) is 7.26. The molecule has 5 heteroatoms. The number of carbonyl (C=O) groups is 1. The van der Waals surface area contributed by atoms with Crippen LogP contribution >= 0.6 is 11.8 Å². The van der Waals surface area contributed by atoms with Crippen LogP contribution in [0.25, 0.3) is 0 Å². The summed E-state index contributed by atoms with van der Waals surface area (Å²) < 4.78 is 0. The first-order valence-corrected chi connectivity index (χ1v) is 4.71. The summed E-state index contributed by atoms with van der Waals surface area (Å²) in [4.78, 5) is 19.4. The van der Waals surface area contributed by atoms with Crippen LogP contribution in [-0.4, -0.2) is 23.2 Å². The highest BCUT2D eigenvalue weighted by Gasteiger charge is 2.29. The van der Waals surface area contributed by atoms with E-state index in [1.165, 1.54) is 11.8 Å². The lowest BCUT2D eigenvalue weighted by Gasteiger charge is -2.16. The van der Waals surface area contributed by atoms with Gasteiger partial charge >= 0.3 is 0 Å². The quantitative estimate of drug-likeness (QED) is 0.587. The molecule has 4 nitrogen and oxygen atoms in total. The van der Waals surface area contributed by atoms with E-state index in [-0.39, 0.29) is 11.8 Å². The zero-order valence-electron chi connectivity index (χ0n) is 6.44. The number of thioether (sulfide) groups is 1. The number of nitrogens with zero attached hydrogens (tertiary/aromatic N) is 2. The highest BCUT2D eigenvalue weighted by atomic mass is 32.2. The molecule has 0 saturated carbocycles. The fraction of sp³-hybridized carbons (Fsp3) is 0.286. The van der Waals surface area contributed by atoms with Gasteiger partial charge in [-0.15, -0.1) is 0 Å². The SMILES string of the molecule is CSC1=NC2=NC=C[C@H]2C(=O)N1. The van der Waals surface area contributed by atoms with Gasteiger partial charge in [0.25, 0.3) is 0 Å². The summed E-state index contributed by atoms with van der Waals surface area (Å²) in [7, 11) is 0. The maximum atomic E-state index is 11.3. The Kier molecular flexibility index (Phi) is 1.73. The largest absolute Gasteiger partial charge is 0.304 e. The molecule has 0 saturated heterocycles. The van der Waals surface area contributed by atoms with Crippen molar-refractivity contribution in [2.75, 3.05) is 6.26 Å². The van der Waals surface area contributed by atoms with E-state index in [0.717, 1.165) is 0 Å². The third kappa shape index (κ3) is 1.06. The van der Waals surface area contributed by atoms with Gasteiger partial charge in [0, 0.05) is 6.20 Å². The summed E-state index contributed by atoms with van der Waals surface area (Å²) in [5, 5.41) is 3.30. The molecule has 1 N–H and O–H groups in total. The molecule has 0 aliphatic carbocycles. The van der Waals surface area contributed by atoms with E-state index in [9.17, 15) is 4.79 Å². The van der Waals surface area contributed by atoms with Crippen LogP contribution in [0.5, 0.6) is 0 Å². The van der Waals surface area contributed by atoms with Crippen molar-refractivity contribution in [3.8, 4) is 0 Å². The Labute approximate surface area is 73.9 Å². The van der Waals surface area contributed by atoms with Gasteiger partial charge in [-0.25, -0.2) is 9.98 Å². The van der Waals surface area contributed by atoms with Crippen LogP contribution in [0.15, 0.2) is 22.3 Å². The Morgan fingerprint density at radius 3 is 3.25 bits per heavy atom. The number of rotatable bonds is 0. The first-order valence-electron chi connectivity index (χ1n) is 3.49. The summed E-state index contributed by atoms with van der Waals surface area (Å²) in [5.74, 6) is 0.297. The summed E-state index contributed by atoms with van der Waals surface area (Å²) >= 11 is 1.41. The average Bonchev–Trinajstić information content (AvgIpc) is 2.52. The summed E-state index contributed by atoms with van der Waals surface area (Å²) in [6, 6.07) is 0. The van der Waals surface area contributed by atoms with E-state index >= 15 is 0 Å². The summed E-state index contributed by atoms with van der Waals surface area (Å²) in [5.41, 5.74) is 0. The Morgan fingerprint density at radius 2 is 2.50 bits per heavy atom. The number of amidine groups is 2. The molecule has 0 aromatic heterocycles. The molecule has 12 heavy (non-hydrogen) atoms. The van der Waals surface area contributed by atoms with Crippen molar-refractivity contribution >= 4 is 28.7 Å². The predicted molar refractivity (Wildman–Crippen MR) is 49.2 cm³/mol. The maximum Gasteiger partial charge on any atom is 0.240 e. The standard InChI is InChI=1S/C7H7N3OS/c1-12-7-9-5-4(2-3-8-5)6(11)10-7/h2-4H,1H3,(H,8,9,10,11)/t4-/m1/s1. The summed E-state index contributed by atoms with van der Waals surface area (Å²) in [6.07, 6.45) is 5.22. The molecule has 0 radical (unpaired) electrons. The van der Waals surface area contributed by atoms with Gasteiger partial charge < -0.3 is 5.32 Å². The van der Waals surface area contributed by atoms with Gasteiger partial charge in [-0.05, 0) is 12.3 Å². The number of amides is 1. The van der Waals surface area contributed by atoms with Crippen molar-refractivity contribution in [3.63, 3.8) is 0 Å². The second kappa shape index (κ2) is 2.75. The zero-order chi connectivity index (χ0) is 8.55. The second-order valence-electron chi connectivity index (χ2n) is 2.42. The van der Waals surface area contributed by atoms with Crippen molar-refractivity contribution < 1.29 is 4.79 Å². The van der Waals surface area contributed by atoms with Gasteiger partial charge in [-0.2, -0.15) is 0 Å². The van der Waals surface area contributed by atoms with Crippen LogP contribution in [0.1, 0.15) is 0 Å². The molecule has 0 unspecified atom stereocenters. The molecule has 1 atom stereocenters. The third-order valence-corrected chi connectivity index (χ3v) is 2.27. The van der Waals surface area contributed by atoms with Gasteiger partial charge in [0.05, 0.1) is 0 Å². The minimum atomic E-state index is -0.263. The Bertz CT molecular complexity index is 319. The lowest BCUT2D eigenvalue weighted by molar-refractivity contribution is -0.120. The van der Waals surface area contributed by atoms with E-state index in [4.69, 9.17) is 0 Å². The van der Waals surface area contributed by atoms with E-state index < -0.39 is 0 Å². The molecule has 1 amide bonds. The summed E-state index contributed by atoms with van der Waals surface area (Å²) in [6.45, 7) is 0. The molecule has 2 rings (SSSR count). The van der Waals surface area contributed by atoms with E-state index in [1.54, 1.807) is 12.3 Å². The lowest BCUT2D eigenvalue weighted by Crippen LogP contribution is -2.40. The minimum Gasteiger partial charge on any atom is -0.304 e. The fourth-order valence-corrected chi connectivity index (χ4v) is 1.47. The smallest absolute Gasteiger partial charge is 0.240 e. The fourth-order valence-electron chi connectivity index (χ4n) is 1.09. The van der Waals surface area contributed by atoms with Crippen molar-refractivity contribution in [1.29, 1.82) is 0 Å². The van der Waals surface area contributed by atoms with Crippen molar-refractivity contribution in [2.45, 2.75) is 0 Å². The number of hydrogen-bond donors (Lipinski definition) is 1. The first kappa shape index (κ1) is 7.54. The number of carbonyl (C=O) groups excluding carboxylic acids is 1. The highest BCUT2D eigenvalue weighted by molar-refractivity contribution is 8.13. The first-order chi connectivity index (χ1) is 5.81. The molecule has 0 aromatic rings. The Morgan fingerprint density at radius 1 is 1.67 bits per heavy atom. The van der Waals surface area contributed by atoms with Crippen LogP contribution < -0.4 is 5.32 Å². The molecule has 0 aromatic carbocycles. The van der Waals surface area contributed by atoms with E-state index in [2.05, 4.69) is 15.3 Å². The number of hydrogen-bond acceptors (Lipinski definition) is 4. The maximum absolute atomic E-state index is 11.3. The van der Waals surface area contributed by atoms with E-state index in [1.807, 2.05) is 6.26 Å². The molecule has 2 aliphatic rings. The van der Waals surface area contributed by atoms with Crippen LogP contribution in [0.2, 0.25) is 0 Å². The van der Waals surface area contributed by atoms with Crippen LogP contribution in [0.4, 0.5) is 0 Å². The molecule has 62 valence electrons. The van der Waals surface area contributed by atoms with Gasteiger partial charge in [-0.3, -0.25) is 4.79 Å². The Hall–Kier alpha value is -1.10. The van der Waals surface area contributed by atoms with Gasteiger partial charge in [-0.1, -0.05) is 11.8 Å². The van der Waals surface area contributed by atoms with Crippen molar-refractivity contribution in [1.82, 2.24) is 5.32 Å². The normalized spacial score (nSPS) is 26.1. The molecular weight excluding hydrogens is 174 g/mol. The van der Waals surface area contributed by atoms with E-state index in [0.29, 0.717) is 11.0 Å². The number of aliphatic imine (C=N–C) groups is 2. The molecule has 2 heterocycles. The second-order valence-corrected chi connectivity index (χ2v) is 3.21. The van der Waals surface area contributed by atoms with Gasteiger partial charge in [0.2, 0.25) is 5.91 Å². The average molecular weight is 181 g/mol. The third-order valence-electron chi connectivity index (χ3n) is 1.69. The van der Waals surface area contributed by atoms with Crippen molar-refractivity contribution in [2.24, 2.45) is 15.9 Å². The lowest BCUT2D eigenvalue weighted by atomic mass is 10.1. The van der Waals surface area contributed by atoms with Gasteiger partial charge in [0.1, 0.15) is 11.8 Å². The van der Waals surface area contributed by atoms with Crippen LogP contribution in [0, 0.1) is 5.92 Å². The number of fused-ring (bicyclic) bond motifs is 1.